The van der Waals surface area contributed by atoms with Gasteiger partial charge < -0.3 is 14.8 Å². The summed E-state index contributed by atoms with van der Waals surface area (Å²) in [6.45, 7) is -3.02. The van der Waals surface area contributed by atoms with E-state index in [9.17, 15) is 22.8 Å². The van der Waals surface area contributed by atoms with Crippen molar-refractivity contribution >= 4 is 11.6 Å². The van der Waals surface area contributed by atoms with Crippen molar-refractivity contribution in [1.29, 1.82) is 0 Å². The minimum atomic E-state index is -3.02. The summed E-state index contributed by atoms with van der Waals surface area (Å²) in [6.07, 6.45) is 2.52. The number of methoxy groups -OCH3 is 1. The fraction of sp³-hybridized carbons (Fsp3) is 0.105. The molecule has 1 amide bonds. The lowest BCUT2D eigenvalue weighted by molar-refractivity contribution is -0.0528. The molecule has 3 rings (SSSR count). The van der Waals surface area contributed by atoms with Gasteiger partial charge in [-0.05, 0) is 30.3 Å². The van der Waals surface area contributed by atoms with Crippen molar-refractivity contribution in [2.75, 3.05) is 12.4 Å². The maximum atomic E-state index is 13.4. The molecule has 1 N–H and O–H groups in total. The molecule has 0 bridgehead atoms. The minimum absolute atomic E-state index is 0.114. The van der Waals surface area contributed by atoms with Crippen LogP contribution >= 0.6 is 0 Å². The van der Waals surface area contributed by atoms with Gasteiger partial charge in [-0.1, -0.05) is 0 Å². The summed E-state index contributed by atoms with van der Waals surface area (Å²) in [5.74, 6) is -1.49. The van der Waals surface area contributed by atoms with Gasteiger partial charge in [-0.3, -0.25) is 14.2 Å². The van der Waals surface area contributed by atoms with E-state index < -0.39 is 23.9 Å². The molecule has 2 aromatic heterocycles. The van der Waals surface area contributed by atoms with Crippen LogP contribution in [0.4, 0.5) is 18.9 Å². The first-order valence-corrected chi connectivity index (χ1v) is 8.17. The summed E-state index contributed by atoms with van der Waals surface area (Å²) in [5, 5.41) is 2.45. The van der Waals surface area contributed by atoms with Crippen LogP contribution in [-0.2, 0) is 0 Å². The Balaban J connectivity index is 1.88. The van der Waals surface area contributed by atoms with E-state index in [-0.39, 0.29) is 28.6 Å². The normalized spacial score (nSPS) is 10.7. The molecule has 0 aliphatic heterocycles. The van der Waals surface area contributed by atoms with E-state index in [0.29, 0.717) is 0 Å². The van der Waals surface area contributed by atoms with Gasteiger partial charge in [-0.25, -0.2) is 9.37 Å². The molecule has 1 aromatic carbocycles. The lowest BCUT2D eigenvalue weighted by Crippen LogP contribution is -2.28. The number of nitrogens with one attached hydrogen (secondary N) is 1. The third kappa shape index (κ3) is 4.54. The molecule has 3 aromatic rings. The Kier molecular flexibility index (Phi) is 5.82. The van der Waals surface area contributed by atoms with Gasteiger partial charge in [-0.15, -0.1) is 0 Å². The molecular weight excluding hydrogens is 391 g/mol. The van der Waals surface area contributed by atoms with E-state index in [1.807, 2.05) is 0 Å². The highest BCUT2D eigenvalue weighted by Crippen LogP contribution is 2.22. The third-order valence-corrected chi connectivity index (χ3v) is 3.80. The Morgan fingerprint density at radius 3 is 2.66 bits per heavy atom. The van der Waals surface area contributed by atoms with Gasteiger partial charge >= 0.3 is 6.61 Å². The largest absolute Gasteiger partial charge is 0.494 e. The number of hydrogen-bond donors (Lipinski definition) is 1. The highest BCUT2D eigenvalue weighted by Gasteiger charge is 2.16. The van der Waals surface area contributed by atoms with Crippen molar-refractivity contribution in [2.24, 2.45) is 0 Å². The molecule has 29 heavy (non-hydrogen) atoms. The molecule has 0 unspecified atom stereocenters. The quantitative estimate of drug-likeness (QED) is 0.681. The van der Waals surface area contributed by atoms with Gasteiger partial charge in [0.25, 0.3) is 11.5 Å². The van der Waals surface area contributed by atoms with Gasteiger partial charge in [0.05, 0.1) is 24.7 Å². The summed E-state index contributed by atoms with van der Waals surface area (Å²) >= 11 is 0. The number of rotatable bonds is 6. The van der Waals surface area contributed by atoms with Gasteiger partial charge in [0.1, 0.15) is 17.1 Å². The van der Waals surface area contributed by atoms with Crippen molar-refractivity contribution in [2.45, 2.75) is 6.61 Å². The Labute approximate surface area is 162 Å². The van der Waals surface area contributed by atoms with Gasteiger partial charge in [0.15, 0.2) is 0 Å². The average Bonchev–Trinajstić information content (AvgIpc) is 2.69. The molecule has 0 radical (unpaired) electrons. The molecule has 10 heteroatoms. The Morgan fingerprint density at radius 2 is 2.00 bits per heavy atom. The number of halogens is 3. The summed E-state index contributed by atoms with van der Waals surface area (Å²) in [6, 6.07) is 8.85. The number of amides is 1. The van der Waals surface area contributed by atoms with E-state index in [1.54, 1.807) is 0 Å². The molecule has 7 nitrogen and oxygen atoms in total. The maximum Gasteiger partial charge on any atom is 0.388 e. The number of aromatic nitrogens is 2. The predicted octanol–water partition coefficient (Wildman–Crippen LogP) is 3.23. The second-order valence-electron chi connectivity index (χ2n) is 5.63. The summed E-state index contributed by atoms with van der Waals surface area (Å²) in [7, 11) is 1.33. The van der Waals surface area contributed by atoms with Crippen molar-refractivity contribution in [1.82, 2.24) is 9.55 Å². The lowest BCUT2D eigenvalue weighted by Gasteiger charge is -2.12. The first kappa shape index (κ1) is 19.9. The molecule has 2 heterocycles. The number of anilines is 1. The number of ether oxygens (including phenoxy) is 2. The summed E-state index contributed by atoms with van der Waals surface area (Å²) in [5.41, 5.74) is -0.443. The van der Waals surface area contributed by atoms with E-state index in [0.717, 1.165) is 29.0 Å². The van der Waals surface area contributed by atoms with Gasteiger partial charge in [-0.2, -0.15) is 8.78 Å². The molecule has 0 atom stereocenters. The fourth-order valence-electron chi connectivity index (χ4n) is 2.52. The van der Waals surface area contributed by atoms with Crippen LogP contribution in [0.15, 0.2) is 59.7 Å². The van der Waals surface area contributed by atoms with Crippen LogP contribution in [0.3, 0.4) is 0 Å². The Bertz CT molecular complexity index is 1080. The fourth-order valence-corrected chi connectivity index (χ4v) is 2.52. The van der Waals surface area contributed by atoms with Crippen molar-refractivity contribution < 1.29 is 27.4 Å². The van der Waals surface area contributed by atoms with E-state index in [4.69, 9.17) is 4.74 Å². The van der Waals surface area contributed by atoms with E-state index in [1.165, 1.54) is 37.6 Å². The van der Waals surface area contributed by atoms with Crippen molar-refractivity contribution in [3.63, 3.8) is 0 Å². The Morgan fingerprint density at radius 1 is 1.21 bits per heavy atom. The van der Waals surface area contributed by atoms with Crippen LogP contribution in [0.1, 0.15) is 10.4 Å². The zero-order valence-electron chi connectivity index (χ0n) is 14.9. The van der Waals surface area contributed by atoms with E-state index in [2.05, 4.69) is 15.0 Å². The smallest absolute Gasteiger partial charge is 0.388 e. The van der Waals surface area contributed by atoms with Crippen LogP contribution < -0.4 is 20.3 Å². The zero-order valence-corrected chi connectivity index (χ0v) is 14.9. The summed E-state index contributed by atoms with van der Waals surface area (Å²) < 4.78 is 48.1. The number of carbonyl (C=O) groups excluding carboxylic acids is 1. The molecule has 0 spiro atoms. The number of carbonyl (C=O) groups is 1. The third-order valence-electron chi connectivity index (χ3n) is 3.80. The van der Waals surface area contributed by atoms with Crippen LogP contribution in [0.2, 0.25) is 0 Å². The molecule has 0 fully saturated rings. The second-order valence-corrected chi connectivity index (χ2v) is 5.63. The molecule has 0 aliphatic rings. The lowest BCUT2D eigenvalue weighted by atomic mass is 10.2. The standard InChI is InChI=1S/C19H14F3N3O4/c1-28-15-9-11(20)4-6-14(15)25-8-2-3-13(18(25)27)17(26)24-12-5-7-16(23-10-12)29-19(21)22/h2-10,19H,1H3,(H,24,26). The first-order chi connectivity index (χ1) is 13.9. The zero-order chi connectivity index (χ0) is 21.0. The van der Waals surface area contributed by atoms with Crippen LogP contribution in [0, 0.1) is 5.82 Å². The number of pyridine rings is 2. The Hall–Kier alpha value is -3.82. The maximum absolute atomic E-state index is 13.4. The average molecular weight is 405 g/mol. The number of alkyl halides is 2. The van der Waals surface area contributed by atoms with E-state index >= 15 is 0 Å². The predicted molar refractivity (Wildman–Crippen MR) is 97.4 cm³/mol. The van der Waals surface area contributed by atoms with Gasteiger partial charge in [0.2, 0.25) is 5.88 Å². The monoisotopic (exact) mass is 405 g/mol. The van der Waals surface area contributed by atoms with Crippen LogP contribution in [0.5, 0.6) is 11.6 Å². The number of hydrogen-bond acceptors (Lipinski definition) is 5. The second kappa shape index (κ2) is 8.46. The SMILES string of the molecule is COc1cc(F)ccc1-n1cccc(C(=O)Nc2ccc(OC(F)F)nc2)c1=O. The molecule has 0 aliphatic carbocycles. The number of benzene rings is 1. The molecular formula is C19H14F3N3O4. The van der Waals surface area contributed by atoms with Crippen molar-refractivity contribution in [3.05, 3.63) is 76.6 Å². The molecule has 0 saturated heterocycles. The molecule has 150 valence electrons. The van der Waals surface area contributed by atoms with Crippen molar-refractivity contribution in [3.8, 4) is 17.3 Å². The topological polar surface area (TPSA) is 82.4 Å². The van der Waals surface area contributed by atoms with Crippen LogP contribution in [-0.4, -0.2) is 29.2 Å². The number of nitrogens with zero attached hydrogens (tertiary/aromatic N) is 2. The van der Waals surface area contributed by atoms with Gasteiger partial charge in [0, 0.05) is 18.3 Å². The minimum Gasteiger partial charge on any atom is -0.494 e. The summed E-state index contributed by atoms with van der Waals surface area (Å²) in [4.78, 5) is 28.9. The highest BCUT2D eigenvalue weighted by molar-refractivity contribution is 6.03. The first-order valence-electron chi connectivity index (χ1n) is 8.17. The highest BCUT2D eigenvalue weighted by atomic mass is 19.3. The van der Waals surface area contributed by atoms with Crippen LogP contribution in [0.25, 0.3) is 5.69 Å². The molecule has 0 saturated carbocycles.